The molecule has 0 saturated heterocycles. The minimum Gasteiger partial charge on any atom is -0.459 e. The molecule has 0 spiro atoms. The highest BCUT2D eigenvalue weighted by Crippen LogP contribution is 2.30. The molecule has 31 heavy (non-hydrogen) atoms. The molecule has 0 radical (unpaired) electrons. The Labute approximate surface area is 182 Å². The standard InChI is InChI=1S/C21H18ClN5O4/c1-12(2)31-21(29)25-14-9-23-20-26-17(11-27(20)10-14)15-8-13(5-6-16(15)22)24-19(28)18-4-3-7-30-18/h3-12H,1-2H3,(H,24,28)(H,25,29). The third-order valence-electron chi connectivity index (χ3n) is 4.14. The van der Waals surface area contributed by atoms with Crippen molar-refractivity contribution < 1.29 is 18.7 Å². The lowest BCUT2D eigenvalue weighted by atomic mass is 10.1. The molecule has 9 nitrogen and oxygen atoms in total. The summed E-state index contributed by atoms with van der Waals surface area (Å²) >= 11 is 6.37. The number of fused-ring (bicyclic) bond motifs is 1. The molecule has 0 fully saturated rings. The number of rotatable bonds is 5. The third-order valence-corrected chi connectivity index (χ3v) is 4.47. The molecule has 0 aliphatic heterocycles. The number of halogens is 1. The van der Waals surface area contributed by atoms with Crippen LogP contribution in [0.1, 0.15) is 24.4 Å². The SMILES string of the molecule is CC(C)OC(=O)Nc1cnc2nc(-c3cc(NC(=O)c4ccco4)ccc3Cl)cn2c1. The first-order chi connectivity index (χ1) is 14.9. The lowest BCUT2D eigenvalue weighted by Gasteiger charge is -2.09. The molecule has 4 rings (SSSR count). The van der Waals surface area contributed by atoms with Gasteiger partial charge < -0.3 is 14.5 Å². The van der Waals surface area contributed by atoms with Crippen molar-refractivity contribution >= 4 is 40.8 Å². The molecule has 2 N–H and O–H groups in total. The summed E-state index contributed by atoms with van der Waals surface area (Å²) in [5.74, 6) is 0.238. The summed E-state index contributed by atoms with van der Waals surface area (Å²) in [6.45, 7) is 3.52. The molecule has 1 aromatic carbocycles. The maximum Gasteiger partial charge on any atom is 0.411 e. The van der Waals surface area contributed by atoms with E-state index in [1.165, 1.54) is 12.5 Å². The van der Waals surface area contributed by atoms with Crippen molar-refractivity contribution in [2.75, 3.05) is 10.6 Å². The van der Waals surface area contributed by atoms with Crippen LogP contribution in [-0.4, -0.2) is 32.5 Å². The topological polar surface area (TPSA) is 111 Å². The zero-order chi connectivity index (χ0) is 22.0. The molecule has 3 heterocycles. The molecule has 2 amide bonds. The molecular weight excluding hydrogens is 422 g/mol. The quantitative estimate of drug-likeness (QED) is 0.459. The number of amides is 2. The second-order valence-electron chi connectivity index (χ2n) is 6.88. The molecule has 4 aromatic rings. The van der Waals surface area contributed by atoms with E-state index >= 15 is 0 Å². The maximum atomic E-state index is 12.2. The summed E-state index contributed by atoms with van der Waals surface area (Å²) in [6.07, 6.45) is 5.49. The van der Waals surface area contributed by atoms with Crippen LogP contribution in [0.2, 0.25) is 5.02 Å². The van der Waals surface area contributed by atoms with E-state index in [4.69, 9.17) is 20.8 Å². The van der Waals surface area contributed by atoms with E-state index < -0.39 is 6.09 Å². The largest absolute Gasteiger partial charge is 0.459 e. The Balaban J connectivity index is 1.59. The van der Waals surface area contributed by atoms with Crippen LogP contribution in [0.4, 0.5) is 16.2 Å². The van der Waals surface area contributed by atoms with Crippen LogP contribution >= 0.6 is 11.6 Å². The summed E-state index contributed by atoms with van der Waals surface area (Å²) in [4.78, 5) is 32.8. The van der Waals surface area contributed by atoms with Crippen LogP contribution in [0.25, 0.3) is 17.0 Å². The maximum absolute atomic E-state index is 12.2. The average Bonchev–Trinajstić information content (AvgIpc) is 3.38. The number of carbonyl (C=O) groups excluding carboxylic acids is 2. The van der Waals surface area contributed by atoms with Crippen molar-refractivity contribution in [1.82, 2.24) is 14.4 Å². The minimum absolute atomic E-state index is 0.199. The predicted octanol–water partition coefficient (Wildman–Crippen LogP) is 4.85. The van der Waals surface area contributed by atoms with E-state index in [1.807, 2.05) is 0 Å². The first-order valence-corrected chi connectivity index (χ1v) is 9.74. The Morgan fingerprint density at radius 1 is 1.16 bits per heavy atom. The Morgan fingerprint density at radius 2 is 2.00 bits per heavy atom. The van der Waals surface area contributed by atoms with E-state index in [9.17, 15) is 9.59 Å². The number of aromatic nitrogens is 3. The van der Waals surface area contributed by atoms with E-state index in [-0.39, 0.29) is 17.8 Å². The first-order valence-electron chi connectivity index (χ1n) is 9.36. The summed E-state index contributed by atoms with van der Waals surface area (Å²) in [7, 11) is 0. The van der Waals surface area contributed by atoms with Crippen LogP contribution < -0.4 is 10.6 Å². The fourth-order valence-electron chi connectivity index (χ4n) is 2.84. The number of hydrogen-bond donors (Lipinski definition) is 2. The molecule has 0 saturated carbocycles. The van der Waals surface area contributed by atoms with E-state index in [0.29, 0.717) is 33.4 Å². The smallest absolute Gasteiger partial charge is 0.411 e. The molecule has 0 atom stereocenters. The van der Waals surface area contributed by atoms with E-state index in [0.717, 1.165) is 0 Å². The van der Waals surface area contributed by atoms with Crippen LogP contribution in [0.3, 0.4) is 0 Å². The van der Waals surface area contributed by atoms with Gasteiger partial charge in [0.25, 0.3) is 5.91 Å². The summed E-state index contributed by atoms with van der Waals surface area (Å²) in [6, 6.07) is 8.27. The monoisotopic (exact) mass is 439 g/mol. The van der Waals surface area contributed by atoms with Gasteiger partial charge >= 0.3 is 6.09 Å². The second kappa shape index (κ2) is 8.49. The number of nitrogens with zero attached hydrogens (tertiary/aromatic N) is 3. The number of anilines is 2. The Hall–Kier alpha value is -3.85. The molecule has 158 valence electrons. The van der Waals surface area contributed by atoms with Crippen LogP contribution in [0.15, 0.2) is 59.6 Å². The summed E-state index contributed by atoms with van der Waals surface area (Å²) in [5.41, 5.74) is 2.14. The molecule has 0 aliphatic carbocycles. The highest BCUT2D eigenvalue weighted by molar-refractivity contribution is 6.33. The normalized spacial score (nSPS) is 11.0. The highest BCUT2D eigenvalue weighted by atomic mass is 35.5. The van der Waals surface area contributed by atoms with Gasteiger partial charge in [0, 0.05) is 23.6 Å². The molecule has 0 unspecified atom stereocenters. The molecule has 0 bridgehead atoms. The van der Waals surface area contributed by atoms with Crippen LogP contribution in [0, 0.1) is 0 Å². The van der Waals surface area contributed by atoms with Gasteiger partial charge in [-0.3, -0.25) is 14.5 Å². The van der Waals surface area contributed by atoms with Crippen molar-refractivity contribution in [1.29, 1.82) is 0 Å². The van der Waals surface area contributed by atoms with Gasteiger partial charge in [0.1, 0.15) is 0 Å². The van der Waals surface area contributed by atoms with Crippen molar-refractivity contribution in [3.05, 3.63) is 66.0 Å². The molecule has 10 heteroatoms. The number of furan rings is 1. The minimum atomic E-state index is -0.570. The highest BCUT2D eigenvalue weighted by Gasteiger charge is 2.14. The Morgan fingerprint density at radius 3 is 2.74 bits per heavy atom. The summed E-state index contributed by atoms with van der Waals surface area (Å²) in [5, 5.41) is 5.83. The lowest BCUT2D eigenvalue weighted by molar-refractivity contribution is 0.0996. The van der Waals surface area contributed by atoms with Gasteiger partial charge in [0.15, 0.2) is 5.76 Å². The first kappa shape index (κ1) is 20.4. The van der Waals surface area contributed by atoms with Gasteiger partial charge in [0.2, 0.25) is 5.78 Å². The Kier molecular flexibility index (Phi) is 5.59. The molecule has 0 aliphatic rings. The molecule has 3 aromatic heterocycles. The third kappa shape index (κ3) is 4.67. The van der Waals surface area contributed by atoms with Gasteiger partial charge in [-0.2, -0.15) is 0 Å². The average molecular weight is 440 g/mol. The van der Waals surface area contributed by atoms with Gasteiger partial charge in [-0.15, -0.1) is 0 Å². The number of hydrogen-bond acceptors (Lipinski definition) is 6. The fourth-order valence-corrected chi connectivity index (χ4v) is 3.05. The van der Waals surface area contributed by atoms with Gasteiger partial charge in [-0.1, -0.05) is 11.6 Å². The lowest BCUT2D eigenvalue weighted by Crippen LogP contribution is -2.18. The van der Waals surface area contributed by atoms with Crippen molar-refractivity contribution in [3.8, 4) is 11.3 Å². The number of nitrogens with one attached hydrogen (secondary N) is 2. The Bertz CT molecular complexity index is 1250. The van der Waals surface area contributed by atoms with Gasteiger partial charge in [0.05, 0.1) is 35.0 Å². The number of ether oxygens (including phenoxy) is 1. The zero-order valence-corrected chi connectivity index (χ0v) is 17.4. The van der Waals surface area contributed by atoms with Crippen LogP contribution in [-0.2, 0) is 4.74 Å². The van der Waals surface area contributed by atoms with Crippen molar-refractivity contribution in [2.45, 2.75) is 20.0 Å². The predicted molar refractivity (Wildman–Crippen MR) is 115 cm³/mol. The number of carbonyl (C=O) groups is 2. The second-order valence-corrected chi connectivity index (χ2v) is 7.29. The van der Waals surface area contributed by atoms with Crippen molar-refractivity contribution in [3.63, 3.8) is 0 Å². The fraction of sp³-hybridized carbons (Fsp3) is 0.143. The molecular formula is C21H18ClN5O4. The number of benzene rings is 1. The zero-order valence-electron chi connectivity index (χ0n) is 16.6. The van der Waals surface area contributed by atoms with E-state index in [2.05, 4.69) is 20.6 Å². The van der Waals surface area contributed by atoms with Gasteiger partial charge in [-0.25, -0.2) is 14.8 Å². The summed E-state index contributed by atoms with van der Waals surface area (Å²) < 4.78 is 11.8. The van der Waals surface area contributed by atoms with Gasteiger partial charge in [-0.05, 0) is 44.2 Å². The van der Waals surface area contributed by atoms with E-state index in [1.54, 1.807) is 61.0 Å². The number of imidazole rings is 1. The van der Waals surface area contributed by atoms with Crippen molar-refractivity contribution in [2.24, 2.45) is 0 Å². The van der Waals surface area contributed by atoms with Crippen LogP contribution in [0.5, 0.6) is 0 Å².